The Morgan fingerprint density at radius 3 is 2.00 bits per heavy atom. The van der Waals surface area contributed by atoms with Gasteiger partial charge in [-0.25, -0.2) is 0 Å². The SMILES string of the molecule is CC(C)CC(C)NC1CC(C)CC(C)C1. The van der Waals surface area contributed by atoms with Gasteiger partial charge in [-0.05, 0) is 50.4 Å². The normalized spacial score (nSPS) is 34.4. The molecule has 0 spiro atoms. The quantitative estimate of drug-likeness (QED) is 0.745. The average Bonchev–Trinajstić information content (AvgIpc) is 1.98. The summed E-state index contributed by atoms with van der Waals surface area (Å²) in [6.45, 7) is 11.8. The zero-order chi connectivity index (χ0) is 11.4. The van der Waals surface area contributed by atoms with Crippen molar-refractivity contribution in [2.45, 2.75) is 72.4 Å². The Morgan fingerprint density at radius 1 is 1.00 bits per heavy atom. The molecule has 0 aliphatic heterocycles. The number of hydrogen-bond acceptors (Lipinski definition) is 1. The highest BCUT2D eigenvalue weighted by molar-refractivity contribution is 4.81. The third-order valence-electron chi connectivity index (χ3n) is 3.52. The van der Waals surface area contributed by atoms with E-state index < -0.39 is 0 Å². The molecule has 3 atom stereocenters. The number of rotatable bonds is 4. The van der Waals surface area contributed by atoms with Crippen LogP contribution in [0, 0.1) is 17.8 Å². The summed E-state index contributed by atoms with van der Waals surface area (Å²) in [6.07, 6.45) is 5.50. The summed E-state index contributed by atoms with van der Waals surface area (Å²) < 4.78 is 0. The largest absolute Gasteiger partial charge is 0.311 e. The zero-order valence-electron chi connectivity index (χ0n) is 11.2. The van der Waals surface area contributed by atoms with Gasteiger partial charge >= 0.3 is 0 Å². The van der Waals surface area contributed by atoms with Gasteiger partial charge in [-0.2, -0.15) is 0 Å². The van der Waals surface area contributed by atoms with Gasteiger partial charge in [-0.1, -0.05) is 27.7 Å². The fourth-order valence-corrected chi connectivity index (χ4v) is 3.26. The van der Waals surface area contributed by atoms with Crippen LogP contribution in [0.3, 0.4) is 0 Å². The maximum atomic E-state index is 3.81. The lowest BCUT2D eigenvalue weighted by molar-refractivity contribution is 0.222. The highest BCUT2D eigenvalue weighted by Gasteiger charge is 2.24. The first kappa shape index (κ1) is 13.0. The first-order valence-electron chi connectivity index (χ1n) is 6.73. The van der Waals surface area contributed by atoms with E-state index in [9.17, 15) is 0 Å². The van der Waals surface area contributed by atoms with Gasteiger partial charge in [0.1, 0.15) is 0 Å². The Labute approximate surface area is 96.0 Å². The molecule has 0 bridgehead atoms. The second-order valence-electron chi connectivity index (χ2n) is 6.31. The van der Waals surface area contributed by atoms with Crippen molar-refractivity contribution in [1.82, 2.24) is 5.32 Å². The van der Waals surface area contributed by atoms with Crippen LogP contribution in [0.1, 0.15) is 60.3 Å². The van der Waals surface area contributed by atoms with Gasteiger partial charge in [0.25, 0.3) is 0 Å². The second kappa shape index (κ2) is 5.89. The van der Waals surface area contributed by atoms with E-state index in [2.05, 4.69) is 39.9 Å². The van der Waals surface area contributed by atoms with Crippen LogP contribution in [0.4, 0.5) is 0 Å². The van der Waals surface area contributed by atoms with Gasteiger partial charge in [0, 0.05) is 12.1 Å². The van der Waals surface area contributed by atoms with Crippen LogP contribution in [-0.2, 0) is 0 Å². The topological polar surface area (TPSA) is 12.0 Å². The highest BCUT2D eigenvalue weighted by Crippen LogP contribution is 2.28. The molecule has 1 heteroatoms. The van der Waals surface area contributed by atoms with Crippen LogP contribution in [0.2, 0.25) is 0 Å². The predicted octanol–water partition coefficient (Wildman–Crippen LogP) is 3.84. The van der Waals surface area contributed by atoms with E-state index in [0.29, 0.717) is 6.04 Å². The Bertz CT molecular complexity index is 166. The third kappa shape index (κ3) is 5.01. The summed E-state index contributed by atoms with van der Waals surface area (Å²) in [6, 6.07) is 1.46. The molecule has 1 fully saturated rings. The standard InChI is InChI=1S/C14H29N/c1-10(2)6-13(5)15-14-8-11(3)7-12(4)9-14/h10-15H,6-9H2,1-5H3. The summed E-state index contributed by atoms with van der Waals surface area (Å²) in [5.74, 6) is 2.64. The average molecular weight is 211 g/mol. The molecule has 90 valence electrons. The molecule has 3 unspecified atom stereocenters. The van der Waals surface area contributed by atoms with E-state index in [1.54, 1.807) is 0 Å². The van der Waals surface area contributed by atoms with Gasteiger partial charge in [0.15, 0.2) is 0 Å². The van der Waals surface area contributed by atoms with Crippen molar-refractivity contribution < 1.29 is 0 Å². The Morgan fingerprint density at radius 2 is 1.53 bits per heavy atom. The van der Waals surface area contributed by atoms with Crippen LogP contribution in [0.25, 0.3) is 0 Å². The van der Waals surface area contributed by atoms with Gasteiger partial charge in [-0.15, -0.1) is 0 Å². The van der Waals surface area contributed by atoms with Crippen molar-refractivity contribution in [3.8, 4) is 0 Å². The molecule has 0 aromatic carbocycles. The van der Waals surface area contributed by atoms with Crippen molar-refractivity contribution in [1.29, 1.82) is 0 Å². The highest BCUT2D eigenvalue weighted by atomic mass is 14.9. The minimum Gasteiger partial charge on any atom is -0.311 e. The van der Waals surface area contributed by atoms with E-state index in [4.69, 9.17) is 0 Å². The minimum atomic E-state index is 0.687. The molecule has 1 nitrogen and oxygen atoms in total. The molecule has 0 radical (unpaired) electrons. The van der Waals surface area contributed by atoms with Gasteiger partial charge in [0.2, 0.25) is 0 Å². The van der Waals surface area contributed by atoms with Crippen LogP contribution in [0.15, 0.2) is 0 Å². The van der Waals surface area contributed by atoms with E-state index in [-0.39, 0.29) is 0 Å². The molecule has 1 rings (SSSR count). The van der Waals surface area contributed by atoms with Crippen molar-refractivity contribution in [3.05, 3.63) is 0 Å². The molecule has 0 aromatic heterocycles. The zero-order valence-corrected chi connectivity index (χ0v) is 11.2. The molecular weight excluding hydrogens is 182 g/mol. The van der Waals surface area contributed by atoms with Crippen molar-refractivity contribution in [2.24, 2.45) is 17.8 Å². The molecule has 0 aromatic rings. The summed E-state index contributed by atoms with van der Waals surface area (Å²) in [4.78, 5) is 0. The molecule has 1 N–H and O–H groups in total. The smallest absolute Gasteiger partial charge is 0.00746 e. The molecule has 0 amide bonds. The Hall–Kier alpha value is -0.0400. The summed E-state index contributed by atoms with van der Waals surface area (Å²) in [7, 11) is 0. The second-order valence-corrected chi connectivity index (χ2v) is 6.31. The van der Waals surface area contributed by atoms with Crippen molar-refractivity contribution in [3.63, 3.8) is 0 Å². The predicted molar refractivity (Wildman–Crippen MR) is 68.0 cm³/mol. The molecule has 1 aliphatic carbocycles. The number of nitrogens with one attached hydrogen (secondary N) is 1. The monoisotopic (exact) mass is 211 g/mol. The molecule has 1 saturated carbocycles. The van der Waals surface area contributed by atoms with E-state index in [1.807, 2.05) is 0 Å². The van der Waals surface area contributed by atoms with Crippen LogP contribution >= 0.6 is 0 Å². The maximum Gasteiger partial charge on any atom is 0.00746 e. The summed E-state index contributed by atoms with van der Waals surface area (Å²) in [5, 5.41) is 3.81. The fraction of sp³-hybridized carbons (Fsp3) is 1.00. The van der Waals surface area contributed by atoms with Crippen molar-refractivity contribution >= 4 is 0 Å². The number of hydrogen-bond donors (Lipinski definition) is 1. The first-order valence-corrected chi connectivity index (χ1v) is 6.73. The molecule has 1 aliphatic rings. The van der Waals surface area contributed by atoms with E-state index in [1.165, 1.54) is 25.7 Å². The minimum absolute atomic E-state index is 0.687. The van der Waals surface area contributed by atoms with Crippen molar-refractivity contribution in [2.75, 3.05) is 0 Å². The lowest BCUT2D eigenvalue weighted by atomic mass is 9.80. The van der Waals surface area contributed by atoms with E-state index in [0.717, 1.165) is 23.8 Å². The van der Waals surface area contributed by atoms with Crippen LogP contribution in [-0.4, -0.2) is 12.1 Å². The van der Waals surface area contributed by atoms with E-state index >= 15 is 0 Å². The molecular formula is C14H29N. The lowest BCUT2D eigenvalue weighted by Crippen LogP contribution is -2.41. The lowest BCUT2D eigenvalue weighted by Gasteiger charge is -2.34. The molecule has 0 saturated heterocycles. The maximum absolute atomic E-state index is 3.81. The first-order chi connectivity index (χ1) is 6.97. The molecule has 0 heterocycles. The van der Waals surface area contributed by atoms with Gasteiger partial charge in [0.05, 0.1) is 0 Å². The Balaban J connectivity index is 2.30. The van der Waals surface area contributed by atoms with Gasteiger partial charge in [-0.3, -0.25) is 0 Å². The van der Waals surface area contributed by atoms with Crippen LogP contribution < -0.4 is 5.32 Å². The Kier molecular flexibility index (Phi) is 5.11. The molecule has 15 heavy (non-hydrogen) atoms. The fourth-order valence-electron chi connectivity index (χ4n) is 3.26. The summed E-state index contributed by atoms with van der Waals surface area (Å²) >= 11 is 0. The van der Waals surface area contributed by atoms with Crippen LogP contribution in [0.5, 0.6) is 0 Å². The third-order valence-corrected chi connectivity index (χ3v) is 3.52. The van der Waals surface area contributed by atoms with Gasteiger partial charge < -0.3 is 5.32 Å². The summed E-state index contributed by atoms with van der Waals surface area (Å²) in [5.41, 5.74) is 0.